The Labute approximate surface area is 263 Å². The van der Waals surface area contributed by atoms with Crippen LogP contribution in [0.4, 0.5) is 18.2 Å². The topological polar surface area (TPSA) is 104 Å². The van der Waals surface area contributed by atoms with Crippen molar-refractivity contribution in [3.05, 3.63) is 83.7 Å². The second-order valence-corrected chi connectivity index (χ2v) is 12.4. The first-order valence-electron chi connectivity index (χ1n) is 13.0. The van der Waals surface area contributed by atoms with Gasteiger partial charge >= 0.3 is 6.18 Å². The highest BCUT2D eigenvalue weighted by atomic mass is 35.5. The van der Waals surface area contributed by atoms with E-state index in [-0.39, 0.29) is 38.5 Å². The zero-order valence-corrected chi connectivity index (χ0v) is 25.5. The monoisotopic (exact) mass is 668 g/mol. The average Bonchev–Trinajstić information content (AvgIpc) is 3.57. The number of hydrogen-bond donors (Lipinski definition) is 2. The minimum absolute atomic E-state index is 0.0111. The molecule has 1 aliphatic carbocycles. The van der Waals surface area contributed by atoms with E-state index in [1.807, 2.05) is 6.07 Å². The molecule has 43 heavy (non-hydrogen) atoms. The standard InChI is InChI=1S/C29H22Cl3F3N4O3S/c1-14-10-15(21-13-28(42-39-21,29(33,34)35)16-11-19(30)24(32)20(31)12-16)6-7-17(14)25(40)38-27-23(26(41)37-9-8-36)18-4-2-3-5-22(18)43-27/h6-7,10-12H,2-5,9,13H2,1H3,(H,37,41)(H,38,40). The third-order valence-electron chi connectivity index (χ3n) is 7.39. The van der Waals surface area contributed by atoms with E-state index >= 15 is 0 Å². The lowest BCUT2D eigenvalue weighted by molar-refractivity contribution is -0.275. The van der Waals surface area contributed by atoms with Gasteiger partial charge in [0.25, 0.3) is 17.4 Å². The van der Waals surface area contributed by atoms with Gasteiger partial charge in [-0.25, -0.2) is 0 Å². The number of nitriles is 1. The van der Waals surface area contributed by atoms with Crippen molar-refractivity contribution in [3.8, 4) is 6.07 Å². The molecule has 1 aromatic heterocycles. The number of nitrogens with zero attached hydrogens (tertiary/aromatic N) is 2. The van der Waals surface area contributed by atoms with E-state index in [0.29, 0.717) is 28.1 Å². The summed E-state index contributed by atoms with van der Waals surface area (Å²) in [5, 5.41) is 18.0. The number of rotatable bonds is 6. The van der Waals surface area contributed by atoms with Crippen LogP contribution in [0.25, 0.3) is 0 Å². The number of carbonyl (C=O) groups excluding carboxylic acids is 2. The fourth-order valence-electron chi connectivity index (χ4n) is 5.22. The summed E-state index contributed by atoms with van der Waals surface area (Å²) in [5.74, 6) is -0.921. The van der Waals surface area contributed by atoms with E-state index < -0.39 is 30.0 Å². The first-order chi connectivity index (χ1) is 20.4. The number of fused-ring (bicyclic) bond motifs is 1. The molecule has 0 saturated carbocycles. The van der Waals surface area contributed by atoms with Crippen molar-refractivity contribution in [2.45, 2.75) is 50.8 Å². The molecule has 0 bridgehead atoms. The van der Waals surface area contributed by atoms with Crippen molar-refractivity contribution in [3.63, 3.8) is 0 Å². The van der Waals surface area contributed by atoms with Gasteiger partial charge in [0.2, 0.25) is 0 Å². The molecule has 0 fully saturated rings. The van der Waals surface area contributed by atoms with E-state index in [9.17, 15) is 22.8 Å². The summed E-state index contributed by atoms with van der Waals surface area (Å²) in [4.78, 5) is 32.3. The Morgan fingerprint density at radius 2 is 1.81 bits per heavy atom. The Balaban J connectivity index is 1.40. The van der Waals surface area contributed by atoms with Crippen LogP contribution in [0.3, 0.4) is 0 Å². The quantitative estimate of drug-likeness (QED) is 0.205. The predicted octanol–water partition coefficient (Wildman–Crippen LogP) is 7.98. The van der Waals surface area contributed by atoms with Gasteiger partial charge in [-0.3, -0.25) is 9.59 Å². The Kier molecular flexibility index (Phi) is 8.69. The van der Waals surface area contributed by atoms with Gasteiger partial charge in [0.05, 0.1) is 32.4 Å². The highest BCUT2D eigenvalue weighted by Gasteiger charge is 2.62. The molecule has 2 amide bonds. The number of halogens is 6. The normalized spacial score (nSPS) is 17.9. The highest BCUT2D eigenvalue weighted by Crippen LogP contribution is 2.50. The molecule has 0 saturated heterocycles. The molecule has 2 heterocycles. The van der Waals surface area contributed by atoms with Gasteiger partial charge in [0, 0.05) is 22.4 Å². The highest BCUT2D eigenvalue weighted by molar-refractivity contribution is 7.17. The number of thiophene rings is 1. The summed E-state index contributed by atoms with van der Waals surface area (Å²) in [6.07, 6.45) is -2.18. The summed E-state index contributed by atoms with van der Waals surface area (Å²) in [6.45, 7) is 1.48. The number of anilines is 1. The van der Waals surface area contributed by atoms with Crippen LogP contribution in [0.15, 0.2) is 35.5 Å². The van der Waals surface area contributed by atoms with Crippen molar-refractivity contribution < 1.29 is 27.6 Å². The number of benzene rings is 2. The van der Waals surface area contributed by atoms with Gasteiger partial charge in [-0.05, 0) is 73.6 Å². The molecule has 1 aliphatic heterocycles. The van der Waals surface area contributed by atoms with Crippen LogP contribution in [0, 0.1) is 18.3 Å². The maximum absolute atomic E-state index is 14.4. The van der Waals surface area contributed by atoms with Crippen LogP contribution in [-0.2, 0) is 23.3 Å². The largest absolute Gasteiger partial charge is 0.435 e. The Hall–Kier alpha value is -3.30. The minimum atomic E-state index is -4.88. The van der Waals surface area contributed by atoms with Crippen LogP contribution in [0.2, 0.25) is 15.1 Å². The van der Waals surface area contributed by atoms with Gasteiger partial charge < -0.3 is 15.5 Å². The van der Waals surface area contributed by atoms with Gasteiger partial charge in [-0.15, -0.1) is 11.3 Å². The van der Waals surface area contributed by atoms with E-state index in [1.54, 1.807) is 13.0 Å². The molecule has 2 aliphatic rings. The van der Waals surface area contributed by atoms with Gasteiger partial charge in [0.15, 0.2) is 0 Å². The SMILES string of the molecule is Cc1cc(C2=NOC(c3cc(Cl)c(Cl)c(Cl)c3)(C(F)(F)F)C2)ccc1C(=O)Nc1sc2c(c1C(=O)NCC#N)CCCC2. The number of aryl methyl sites for hydroxylation is 2. The zero-order valence-electron chi connectivity index (χ0n) is 22.4. The van der Waals surface area contributed by atoms with Crippen molar-refractivity contribution in [2.75, 3.05) is 11.9 Å². The Bertz CT molecular complexity index is 1690. The molecule has 7 nitrogen and oxygen atoms in total. The Morgan fingerprint density at radius 3 is 2.47 bits per heavy atom. The number of alkyl halides is 3. The molecule has 1 atom stereocenters. The van der Waals surface area contributed by atoms with Crippen LogP contribution >= 0.6 is 46.1 Å². The summed E-state index contributed by atoms with van der Waals surface area (Å²) in [6, 6.07) is 8.50. The van der Waals surface area contributed by atoms with Crippen LogP contribution in [0.5, 0.6) is 0 Å². The van der Waals surface area contributed by atoms with Gasteiger partial charge in [-0.2, -0.15) is 18.4 Å². The molecule has 1 unspecified atom stereocenters. The van der Waals surface area contributed by atoms with E-state index in [1.165, 1.54) is 23.5 Å². The lowest BCUT2D eigenvalue weighted by Crippen LogP contribution is -2.42. The second-order valence-electron chi connectivity index (χ2n) is 10.1. The summed E-state index contributed by atoms with van der Waals surface area (Å²) in [5.41, 5.74) is -0.880. The first kappa shape index (κ1) is 31.1. The molecule has 0 spiro atoms. The fourth-order valence-corrected chi connectivity index (χ4v) is 7.10. The third-order valence-corrected chi connectivity index (χ3v) is 9.80. The maximum atomic E-state index is 14.4. The predicted molar refractivity (Wildman–Crippen MR) is 159 cm³/mol. The van der Waals surface area contributed by atoms with Gasteiger partial charge in [-0.1, -0.05) is 46.0 Å². The summed E-state index contributed by atoms with van der Waals surface area (Å²) < 4.78 is 43.3. The van der Waals surface area contributed by atoms with Gasteiger partial charge in [0.1, 0.15) is 11.5 Å². The van der Waals surface area contributed by atoms with Crippen molar-refractivity contribution in [1.29, 1.82) is 5.26 Å². The van der Waals surface area contributed by atoms with Crippen molar-refractivity contribution in [2.24, 2.45) is 5.16 Å². The van der Waals surface area contributed by atoms with Crippen LogP contribution in [-0.4, -0.2) is 30.2 Å². The second kappa shape index (κ2) is 12.0. The Morgan fingerprint density at radius 1 is 1.12 bits per heavy atom. The number of hydrogen-bond acceptors (Lipinski definition) is 6. The first-order valence-corrected chi connectivity index (χ1v) is 15.0. The van der Waals surface area contributed by atoms with Crippen molar-refractivity contribution >= 4 is 68.7 Å². The lowest BCUT2D eigenvalue weighted by atomic mass is 9.86. The van der Waals surface area contributed by atoms with E-state index in [0.717, 1.165) is 41.8 Å². The number of amides is 2. The molecule has 14 heteroatoms. The smallest absolute Gasteiger partial charge is 0.374 e. The minimum Gasteiger partial charge on any atom is -0.374 e. The molecule has 5 rings (SSSR count). The number of oxime groups is 1. The molecule has 0 radical (unpaired) electrons. The van der Waals surface area contributed by atoms with E-state index in [4.69, 9.17) is 44.9 Å². The zero-order chi connectivity index (χ0) is 31.1. The van der Waals surface area contributed by atoms with E-state index in [2.05, 4.69) is 15.8 Å². The summed E-state index contributed by atoms with van der Waals surface area (Å²) in [7, 11) is 0. The summed E-state index contributed by atoms with van der Waals surface area (Å²) >= 11 is 19.3. The molecule has 3 aromatic rings. The number of carbonyl (C=O) groups is 2. The fraction of sp³-hybridized carbons (Fsp3) is 0.310. The van der Waals surface area contributed by atoms with Crippen molar-refractivity contribution in [1.82, 2.24) is 5.32 Å². The molecular formula is C29H22Cl3F3N4O3S. The van der Waals surface area contributed by atoms with Crippen LogP contribution in [0.1, 0.15) is 67.1 Å². The lowest BCUT2D eigenvalue weighted by Gasteiger charge is -2.30. The molecule has 2 N–H and O–H groups in total. The molecule has 224 valence electrons. The molecular weight excluding hydrogens is 648 g/mol. The maximum Gasteiger partial charge on any atom is 0.435 e. The van der Waals surface area contributed by atoms with Crippen LogP contribution < -0.4 is 10.6 Å². The molecule has 2 aromatic carbocycles. The number of nitrogens with one attached hydrogen (secondary N) is 2. The average molecular weight is 670 g/mol. The third kappa shape index (κ3) is 5.81.